The maximum Gasteiger partial charge on any atom is 0.142 e. The van der Waals surface area contributed by atoms with Crippen LogP contribution >= 0.6 is 0 Å². The number of aliphatic imine (C=N–C) groups is 1. The van der Waals surface area contributed by atoms with Crippen LogP contribution in [-0.2, 0) is 27.3 Å². The normalized spacial score (nSPS) is 27.0. The molecule has 20 nitrogen and oxygen atoms in total. The first-order valence-corrected chi connectivity index (χ1v) is 39.2. The number of allylic oxidation sites excluding steroid dienone is 2. The minimum absolute atomic E-state index is 0.0100. The first-order chi connectivity index (χ1) is 49.9. The van der Waals surface area contributed by atoms with Crippen molar-refractivity contribution in [1.29, 1.82) is 0 Å². The summed E-state index contributed by atoms with van der Waals surface area (Å²) >= 11 is 0. The molecule has 2 unspecified atom stereocenters. The number of likely N-dealkylation sites (tertiary alicyclic amines) is 3. The van der Waals surface area contributed by atoms with Crippen molar-refractivity contribution in [3.63, 3.8) is 0 Å². The number of ether oxygens (including phenoxy) is 2. The third-order valence-electron chi connectivity index (χ3n) is 25.0. The average molecular weight is 1380 g/mol. The number of aromatic nitrogens is 7. The minimum Gasteiger partial charge on any atom is -0.379 e. The lowest BCUT2D eigenvalue weighted by atomic mass is 9.84. The number of piperazine rings is 2. The van der Waals surface area contributed by atoms with Gasteiger partial charge in [-0.2, -0.15) is 5.06 Å². The molecule has 542 valence electrons. The number of imidazole rings is 2. The van der Waals surface area contributed by atoms with Crippen molar-refractivity contribution in [3.8, 4) is 0 Å². The number of fused-ring (bicyclic) bond motifs is 7. The van der Waals surface area contributed by atoms with E-state index < -0.39 is 0 Å². The van der Waals surface area contributed by atoms with Crippen LogP contribution in [0.3, 0.4) is 0 Å². The second-order valence-electron chi connectivity index (χ2n) is 31.1. The fraction of sp³-hybridized carbons (Fsp3) is 0.585. The molecule has 0 aliphatic carbocycles. The molecule has 20 heteroatoms. The van der Waals surface area contributed by atoms with Crippen LogP contribution in [0.4, 0.5) is 5.82 Å². The van der Waals surface area contributed by atoms with Crippen molar-refractivity contribution in [3.05, 3.63) is 177 Å². The van der Waals surface area contributed by atoms with E-state index in [0.29, 0.717) is 38.4 Å². The number of aryl methyl sites for hydroxylation is 3. The van der Waals surface area contributed by atoms with Crippen LogP contribution < -0.4 is 4.90 Å². The average Bonchev–Trinajstić information content (AvgIpc) is 1.57. The zero-order valence-corrected chi connectivity index (χ0v) is 62.3. The summed E-state index contributed by atoms with van der Waals surface area (Å²) in [6.07, 6.45) is 25.6. The molecule has 6 fully saturated rings. The van der Waals surface area contributed by atoms with Crippen LogP contribution in [0.25, 0.3) is 11.3 Å². The van der Waals surface area contributed by atoms with Gasteiger partial charge in [-0.15, -0.1) is 0 Å². The first kappa shape index (κ1) is 69.4. The van der Waals surface area contributed by atoms with E-state index in [2.05, 4.69) is 201 Å². The molecule has 102 heavy (non-hydrogen) atoms. The summed E-state index contributed by atoms with van der Waals surface area (Å²) in [4.78, 5) is 61.0. The van der Waals surface area contributed by atoms with Crippen molar-refractivity contribution in [2.24, 2.45) is 10.9 Å². The molecule has 0 aromatic carbocycles. The molecule has 7 aromatic rings. The van der Waals surface area contributed by atoms with Gasteiger partial charge in [0.05, 0.1) is 95.4 Å². The zero-order chi connectivity index (χ0) is 69.7. The Labute approximate surface area is 605 Å². The van der Waals surface area contributed by atoms with Crippen LogP contribution in [0.5, 0.6) is 0 Å². The van der Waals surface area contributed by atoms with Gasteiger partial charge in [0.1, 0.15) is 34.9 Å². The molecule has 0 amide bonds. The minimum atomic E-state index is -0.112. The van der Waals surface area contributed by atoms with E-state index in [9.17, 15) is 0 Å². The SMILES string of the molecule is CCOCc1c([C@H]2CCC[C@@H](c3ncccc3C)N2C)nc2c(CCN3CCN(C4=CC=C(CN5CCC([C@H]6ON7[C@H](CCC[C@H]7c7ncccc7C)c7nc8ccccn8c76)CC5)C5=NC([C@H]6CCC[C@@H](c7ncccc7C)N6C)C(COCC)N45)CC3)ccc(N3CCN(C(C)C)CC3)n12. The molecule has 9 atom stereocenters. The lowest BCUT2D eigenvalue weighted by Gasteiger charge is -2.48. The van der Waals surface area contributed by atoms with Crippen molar-refractivity contribution >= 4 is 22.9 Å². The summed E-state index contributed by atoms with van der Waals surface area (Å²) in [7, 11) is 4.66. The number of rotatable bonds is 20. The van der Waals surface area contributed by atoms with Crippen LogP contribution in [0.2, 0.25) is 0 Å². The van der Waals surface area contributed by atoms with E-state index in [1.165, 1.54) is 67.9 Å². The third-order valence-corrected chi connectivity index (χ3v) is 25.0. The molecule has 0 bridgehead atoms. The maximum absolute atomic E-state index is 7.49. The second kappa shape index (κ2) is 30.2. The Morgan fingerprint density at radius 3 is 1.88 bits per heavy atom. The van der Waals surface area contributed by atoms with Gasteiger partial charge in [0, 0.05) is 121 Å². The van der Waals surface area contributed by atoms with Crippen LogP contribution in [0.1, 0.15) is 197 Å². The summed E-state index contributed by atoms with van der Waals surface area (Å²) in [6, 6.07) is 25.6. The summed E-state index contributed by atoms with van der Waals surface area (Å²) in [6.45, 7) is 29.6. The summed E-state index contributed by atoms with van der Waals surface area (Å²) < 4.78 is 18.0. The highest BCUT2D eigenvalue weighted by Crippen LogP contribution is 2.52. The molecular formula is C82H111N17O3. The van der Waals surface area contributed by atoms with Gasteiger partial charge in [0.2, 0.25) is 0 Å². The van der Waals surface area contributed by atoms with Gasteiger partial charge >= 0.3 is 0 Å². The van der Waals surface area contributed by atoms with Crippen molar-refractivity contribution in [1.82, 2.24) is 73.1 Å². The highest BCUT2D eigenvalue weighted by Gasteiger charge is 2.51. The number of hydrogen-bond donors (Lipinski definition) is 0. The smallest absolute Gasteiger partial charge is 0.142 e. The third kappa shape index (κ3) is 13.2. The maximum atomic E-state index is 7.49. The predicted octanol–water partition coefficient (Wildman–Crippen LogP) is 12.4. The number of piperidine rings is 4. The Bertz CT molecular complexity index is 4180. The largest absolute Gasteiger partial charge is 0.379 e. The highest BCUT2D eigenvalue weighted by atomic mass is 16.7. The van der Waals surface area contributed by atoms with Crippen LogP contribution in [0, 0.1) is 26.7 Å². The van der Waals surface area contributed by atoms with E-state index in [-0.39, 0.29) is 54.4 Å². The Kier molecular flexibility index (Phi) is 20.6. The standard InChI is InChI=1S/C82H111N17O3/c1-10-100-53-68-76(64-25-14-23-62(89(64)8)73-56(5)20-17-37-83-73)87-81-60(30-32-71(97(68)81)95-50-48-93(49-51-95)55(3)4)36-41-91-44-46-94(47-45-91)72-33-31-61(82-88-77(69(98(72)82)54-101-11-2)65-26-15-24-63(90(65)9)74-57(6)21-18-38-84-74)52-92-42-34-59(35-43-92)80-79-78(86-70-29-12-13-40-96(70)79)67-28-16-27-66(99(67)102-80)75-58(7)22-19-39-85-75/h12-13,17-22,29-33,37-40,55,59,62-67,69,77,80H,10-11,14-16,23-28,34-36,41-54H2,1-9H3/t62-,63-,64+,65+,66-,67+,69?,77?,80+/m0/s1. The van der Waals surface area contributed by atoms with Crippen LogP contribution in [0.15, 0.2) is 120 Å². The number of likely N-dealkylation sites (N-methyl/N-ethyl adjacent to an activating group) is 1. The van der Waals surface area contributed by atoms with Crippen LogP contribution in [-0.4, -0.2) is 216 Å². The molecule has 7 aromatic heterocycles. The number of nitrogens with zero attached hydrogens (tertiary/aromatic N) is 17. The highest BCUT2D eigenvalue weighted by molar-refractivity contribution is 6.02. The molecule has 0 radical (unpaired) electrons. The van der Waals surface area contributed by atoms with Crippen molar-refractivity contribution < 1.29 is 14.3 Å². The number of pyridine rings is 5. The molecule has 0 spiro atoms. The predicted molar refractivity (Wildman–Crippen MR) is 402 cm³/mol. The van der Waals surface area contributed by atoms with Crippen molar-refractivity contribution in [2.45, 2.75) is 193 Å². The quantitative estimate of drug-likeness (QED) is 0.0713. The molecular weight excluding hydrogens is 1270 g/mol. The Morgan fingerprint density at radius 2 is 1.22 bits per heavy atom. The van der Waals surface area contributed by atoms with E-state index in [1.54, 1.807) is 0 Å². The first-order valence-electron chi connectivity index (χ1n) is 39.2. The zero-order valence-electron chi connectivity index (χ0n) is 62.3. The summed E-state index contributed by atoms with van der Waals surface area (Å²) in [5, 5.41) is 2.34. The molecule has 9 aliphatic heterocycles. The van der Waals surface area contributed by atoms with Gasteiger partial charge in [-0.05, 0) is 223 Å². The molecule has 0 saturated carbocycles. The number of amidine groups is 1. The van der Waals surface area contributed by atoms with Gasteiger partial charge in [-0.25, -0.2) is 9.97 Å². The van der Waals surface area contributed by atoms with Crippen molar-refractivity contribution in [2.75, 3.05) is 117 Å². The van der Waals surface area contributed by atoms with E-state index >= 15 is 0 Å². The van der Waals surface area contributed by atoms with E-state index in [4.69, 9.17) is 44.2 Å². The lowest BCUT2D eigenvalue weighted by Crippen LogP contribution is -2.56. The fourth-order valence-electron chi connectivity index (χ4n) is 19.4. The topological polar surface area (TPSA) is 142 Å². The summed E-state index contributed by atoms with van der Waals surface area (Å²) in [5.41, 5.74) is 16.7. The van der Waals surface area contributed by atoms with Gasteiger partial charge < -0.3 is 28.6 Å². The van der Waals surface area contributed by atoms with Gasteiger partial charge in [0.15, 0.2) is 0 Å². The number of hydrogen-bond acceptors (Lipinski definition) is 18. The van der Waals surface area contributed by atoms with Gasteiger partial charge in [-0.1, -0.05) is 36.4 Å². The summed E-state index contributed by atoms with van der Waals surface area (Å²) in [5.74, 6) is 3.95. The van der Waals surface area contributed by atoms with Gasteiger partial charge in [-0.3, -0.25) is 53.7 Å². The van der Waals surface area contributed by atoms with Gasteiger partial charge in [0.25, 0.3) is 0 Å². The number of hydroxylamine groups is 2. The van der Waals surface area contributed by atoms with E-state index in [1.807, 2.05) is 18.6 Å². The Balaban J connectivity index is 0.669. The molecule has 16 heterocycles. The lowest BCUT2D eigenvalue weighted by molar-refractivity contribution is -0.289. The Morgan fingerprint density at radius 1 is 0.588 bits per heavy atom. The molecule has 6 saturated heterocycles. The number of anilines is 1. The monoisotopic (exact) mass is 1380 g/mol. The fourth-order valence-corrected chi connectivity index (χ4v) is 19.4. The molecule has 0 N–H and O–H groups in total. The van der Waals surface area contributed by atoms with E-state index in [0.717, 1.165) is 184 Å². The molecule has 16 rings (SSSR count). The molecule has 9 aliphatic rings. The second-order valence-corrected chi connectivity index (χ2v) is 31.1. The Hall–Kier alpha value is -6.98.